The Morgan fingerprint density at radius 3 is 1.87 bits per heavy atom. The number of phenolic OH excluding ortho intramolecular Hbond substituents is 1. The minimum absolute atomic E-state index is 0.00332. The maximum atomic E-state index is 13.9. The minimum atomic E-state index is -1.40. The number of fused-ring (bicyclic) bond motifs is 4. The minimum Gasteiger partial charge on any atom is -0.507 e. The summed E-state index contributed by atoms with van der Waals surface area (Å²) in [6.07, 6.45) is 0. The average molecular weight is 819 g/mol. The number of rotatable bonds is 9. The van der Waals surface area contributed by atoms with Crippen molar-refractivity contribution in [3.8, 4) is 50.7 Å². The largest absolute Gasteiger partial charge is 0.507 e. The zero-order chi connectivity index (χ0) is 43.4. The van der Waals surface area contributed by atoms with Crippen molar-refractivity contribution in [2.24, 2.45) is 0 Å². The van der Waals surface area contributed by atoms with Gasteiger partial charge in [-0.2, -0.15) is 0 Å². The third-order valence-electron chi connectivity index (χ3n) is 10.6. The Kier molecular flexibility index (Phi) is 9.83. The molecule has 0 aromatic heterocycles. The molecule has 4 aliphatic rings. The van der Waals surface area contributed by atoms with E-state index in [4.69, 9.17) is 8.83 Å². The molecule has 1 amide bonds. The molecule has 2 aliphatic heterocycles. The van der Waals surface area contributed by atoms with E-state index in [9.17, 15) is 44.4 Å². The number of carboxylic acid groups (broad SMARTS) is 3. The van der Waals surface area contributed by atoms with Crippen LogP contribution in [-0.2, 0) is 6.54 Å². The van der Waals surface area contributed by atoms with Gasteiger partial charge in [0.1, 0.15) is 42.5 Å². The van der Waals surface area contributed by atoms with Crippen LogP contribution >= 0.6 is 0 Å². The van der Waals surface area contributed by atoms with E-state index in [0.717, 1.165) is 17.1 Å². The zero-order valence-electron chi connectivity index (χ0n) is 33.1. The van der Waals surface area contributed by atoms with Crippen LogP contribution in [0.3, 0.4) is 0 Å². The van der Waals surface area contributed by atoms with Gasteiger partial charge in [0.25, 0.3) is 5.91 Å². The number of nitrogens with zero attached hydrogens (tertiary/aromatic N) is 2. The van der Waals surface area contributed by atoms with Gasteiger partial charge in [0.2, 0.25) is 5.36 Å². The fourth-order valence-electron chi connectivity index (χ4n) is 7.58. The second-order valence-electron chi connectivity index (χ2n) is 14.8. The van der Waals surface area contributed by atoms with E-state index in [-0.39, 0.29) is 62.6 Å². The van der Waals surface area contributed by atoms with Crippen LogP contribution in [0.4, 0.5) is 5.69 Å². The van der Waals surface area contributed by atoms with Crippen molar-refractivity contribution in [1.82, 2.24) is 9.89 Å². The fourth-order valence-corrected chi connectivity index (χ4v) is 7.58. The predicted octanol–water partition coefficient (Wildman–Crippen LogP) is 6.91. The van der Waals surface area contributed by atoms with Crippen molar-refractivity contribution in [2.45, 2.75) is 6.54 Å². The second kappa shape index (κ2) is 15.2. The molecule has 0 spiro atoms. The Balaban J connectivity index is 1.23. The van der Waals surface area contributed by atoms with Crippen molar-refractivity contribution in [3.05, 3.63) is 147 Å². The number of benzene rings is 6. The molecule has 14 nitrogen and oxygen atoms in total. The molecule has 5 N–H and O–H groups in total. The summed E-state index contributed by atoms with van der Waals surface area (Å²) in [6.45, 7) is -0.348. The topological polar surface area (TPSA) is 211 Å². The SMILES string of the molecule is CN(C)c1ccc2c(-c3ccc(C(=O)NCc4c(O)ccc5c(-c6ccc(C(=O)O)cc6C(=O)O)c6ccc(=O)cc-6oc45)cc3C(=O)O)c3ccc(=[N+](C)C)cc-3oc2c1. The highest BCUT2D eigenvalue weighted by Gasteiger charge is 2.27. The first-order chi connectivity index (χ1) is 29.1. The molecule has 4 aromatic carbocycles. The smallest absolute Gasteiger partial charge is 0.336 e. The van der Waals surface area contributed by atoms with Gasteiger partial charge in [-0.1, -0.05) is 12.1 Å². The third kappa shape index (κ3) is 7.05. The molecule has 0 unspecified atom stereocenters. The molecule has 0 saturated carbocycles. The molecule has 2 heterocycles. The lowest BCUT2D eigenvalue weighted by molar-refractivity contribution is 0.0682. The maximum Gasteiger partial charge on any atom is 0.336 e. The summed E-state index contributed by atoms with van der Waals surface area (Å²) in [7, 11) is 7.61. The van der Waals surface area contributed by atoms with E-state index in [1.165, 1.54) is 54.6 Å². The Bertz CT molecular complexity index is 3250. The Morgan fingerprint density at radius 1 is 0.639 bits per heavy atom. The lowest BCUT2D eigenvalue weighted by Crippen LogP contribution is -2.23. The molecule has 304 valence electrons. The molecule has 8 rings (SSSR count). The maximum absolute atomic E-state index is 13.9. The summed E-state index contributed by atoms with van der Waals surface area (Å²) in [6, 6.07) is 26.1. The van der Waals surface area contributed by atoms with Gasteiger partial charge in [-0.3, -0.25) is 9.59 Å². The van der Waals surface area contributed by atoms with E-state index in [1.54, 1.807) is 6.07 Å². The van der Waals surface area contributed by atoms with Gasteiger partial charge in [0, 0.05) is 76.6 Å². The molecular formula is C47H36N3O11+. The van der Waals surface area contributed by atoms with Crippen molar-refractivity contribution >= 4 is 51.4 Å². The molecule has 61 heavy (non-hydrogen) atoms. The van der Waals surface area contributed by atoms with Gasteiger partial charge >= 0.3 is 17.9 Å². The molecule has 0 radical (unpaired) electrons. The second-order valence-corrected chi connectivity index (χ2v) is 14.8. The van der Waals surface area contributed by atoms with Gasteiger partial charge in [0.05, 0.1) is 34.9 Å². The molecule has 14 heteroatoms. The van der Waals surface area contributed by atoms with Crippen LogP contribution in [0, 0.1) is 0 Å². The first-order valence-corrected chi connectivity index (χ1v) is 18.8. The van der Waals surface area contributed by atoms with Crippen LogP contribution in [0.2, 0.25) is 0 Å². The molecule has 4 aromatic rings. The Labute approximate surface area is 345 Å². The van der Waals surface area contributed by atoms with E-state index in [0.29, 0.717) is 44.4 Å². The first kappa shape index (κ1) is 39.6. The van der Waals surface area contributed by atoms with Crippen LogP contribution in [0.25, 0.3) is 66.8 Å². The normalized spacial score (nSPS) is 11.3. The average Bonchev–Trinajstić information content (AvgIpc) is 3.23. The van der Waals surface area contributed by atoms with Gasteiger partial charge in [-0.25, -0.2) is 19.0 Å². The van der Waals surface area contributed by atoms with Crippen LogP contribution in [0.1, 0.15) is 47.0 Å². The molecule has 2 aliphatic carbocycles. The van der Waals surface area contributed by atoms with Crippen molar-refractivity contribution in [2.75, 3.05) is 33.1 Å². The number of anilines is 1. The van der Waals surface area contributed by atoms with Crippen molar-refractivity contribution in [1.29, 1.82) is 0 Å². The molecule has 0 saturated heterocycles. The van der Waals surface area contributed by atoms with E-state index in [1.807, 2.05) is 74.1 Å². The van der Waals surface area contributed by atoms with Crippen LogP contribution in [0.15, 0.2) is 117 Å². The van der Waals surface area contributed by atoms with Gasteiger partial charge in [-0.05, 0) is 77.9 Å². The number of carbonyl (C=O) groups is 4. The summed E-state index contributed by atoms with van der Waals surface area (Å²) in [5.41, 5.74) is 2.69. The predicted molar refractivity (Wildman–Crippen MR) is 228 cm³/mol. The number of nitrogens with one attached hydrogen (secondary N) is 1. The first-order valence-electron chi connectivity index (χ1n) is 18.8. The Morgan fingerprint density at radius 2 is 1.23 bits per heavy atom. The van der Waals surface area contributed by atoms with Crippen LogP contribution < -0.4 is 25.6 Å². The standard InChI is InChI=1S/C47H35N3O11/c1-49(2)25-7-12-30-38(19-25)60-39-20-26(50(3)4)8-13-31(39)41(30)28-10-5-23(17-34(28)46(56)57)44(53)48-22-36-37(52)16-15-33-42(32-14-9-27(51)21-40(32)61-43(33)36)29-11-6-24(45(54)55)18-35(29)47(58)59/h5-21H,22H2,1-4H3,(H4-,48,51,52,53,54,55,56,57,58,59)/p+1. The fraction of sp³-hybridized carbons (Fsp3) is 0.106. The van der Waals surface area contributed by atoms with E-state index >= 15 is 0 Å². The van der Waals surface area contributed by atoms with Gasteiger partial charge in [-0.15, -0.1) is 0 Å². The monoisotopic (exact) mass is 818 g/mol. The lowest BCUT2D eigenvalue weighted by Gasteiger charge is -2.19. The number of phenols is 1. The van der Waals surface area contributed by atoms with Crippen molar-refractivity contribution in [3.63, 3.8) is 0 Å². The highest BCUT2D eigenvalue weighted by Crippen LogP contribution is 2.45. The highest BCUT2D eigenvalue weighted by atomic mass is 16.4. The van der Waals surface area contributed by atoms with Crippen LogP contribution in [-0.4, -0.2) is 72.4 Å². The van der Waals surface area contributed by atoms with Gasteiger partial charge in [0.15, 0.2) is 5.43 Å². The summed E-state index contributed by atoms with van der Waals surface area (Å²) >= 11 is 0. The third-order valence-corrected chi connectivity index (χ3v) is 10.6. The summed E-state index contributed by atoms with van der Waals surface area (Å²) in [5.74, 6) is -4.42. The number of hydrogen-bond acceptors (Lipinski definition) is 9. The van der Waals surface area contributed by atoms with Crippen molar-refractivity contribution < 1.29 is 48.4 Å². The number of carbonyl (C=O) groups excluding carboxylic acids is 1. The molecule has 0 atom stereocenters. The highest BCUT2D eigenvalue weighted by molar-refractivity contribution is 6.11. The molecule has 0 bridgehead atoms. The molecular weight excluding hydrogens is 783 g/mol. The zero-order valence-corrected chi connectivity index (χ0v) is 33.1. The number of amides is 1. The lowest BCUT2D eigenvalue weighted by atomic mass is 9.89. The number of aromatic hydroxyl groups is 1. The quantitative estimate of drug-likeness (QED) is 0.0743. The summed E-state index contributed by atoms with van der Waals surface area (Å²) in [5, 5.41) is 46.0. The van der Waals surface area contributed by atoms with Crippen LogP contribution in [0.5, 0.6) is 5.75 Å². The van der Waals surface area contributed by atoms with Gasteiger partial charge < -0.3 is 39.5 Å². The number of aromatic carboxylic acids is 3. The summed E-state index contributed by atoms with van der Waals surface area (Å²) in [4.78, 5) is 65.5. The number of hydrogen-bond donors (Lipinski definition) is 5. The molecule has 0 fully saturated rings. The van der Waals surface area contributed by atoms with E-state index < -0.39 is 29.2 Å². The number of carboxylic acids is 3. The summed E-state index contributed by atoms with van der Waals surface area (Å²) < 4.78 is 14.5. The van der Waals surface area contributed by atoms with E-state index in [2.05, 4.69) is 5.32 Å². The Hall–Kier alpha value is -8.26.